The Morgan fingerprint density at radius 2 is 1.70 bits per heavy atom. The van der Waals surface area contributed by atoms with Crippen LogP contribution in [0.4, 0.5) is 4.79 Å². The van der Waals surface area contributed by atoms with Crippen LogP contribution in [0.2, 0.25) is 0 Å². The monoisotopic (exact) mass is 294 g/mol. The highest BCUT2D eigenvalue weighted by atomic mass is 31.0. The van der Waals surface area contributed by atoms with Gasteiger partial charge in [-0.2, -0.15) is 4.99 Å². The van der Waals surface area contributed by atoms with E-state index in [9.17, 15) is 4.79 Å². The first-order valence-electron chi connectivity index (χ1n) is 7.33. The summed E-state index contributed by atoms with van der Waals surface area (Å²) in [5.74, 6) is 0.800. The van der Waals surface area contributed by atoms with E-state index in [0.29, 0.717) is 0 Å². The van der Waals surface area contributed by atoms with E-state index in [1.165, 1.54) is 11.1 Å². The van der Waals surface area contributed by atoms with Gasteiger partial charge in [-0.15, -0.1) is 0 Å². The molecule has 1 aromatic carbocycles. The van der Waals surface area contributed by atoms with Crippen molar-refractivity contribution in [2.24, 2.45) is 4.99 Å². The predicted octanol–water partition coefficient (Wildman–Crippen LogP) is 4.51. The number of amides is 1. The zero-order chi connectivity index (χ0) is 15.5. The molecule has 1 aliphatic rings. The highest BCUT2D eigenvalue weighted by molar-refractivity contribution is 7.40. The molecular formula is C16H27N2OP. The predicted molar refractivity (Wildman–Crippen MR) is 91.5 cm³/mol. The fourth-order valence-corrected chi connectivity index (χ4v) is 2.19. The molecule has 0 N–H and O–H groups in total. The molecule has 1 aliphatic heterocycles. The number of nitrogens with zero attached hydrogens (tertiary/aromatic N) is 2. The van der Waals surface area contributed by atoms with E-state index in [1.807, 2.05) is 34.6 Å². The van der Waals surface area contributed by atoms with E-state index in [-0.39, 0.29) is 5.65 Å². The molecule has 4 heteroatoms. The molecule has 0 fully saturated rings. The molecule has 0 aliphatic carbocycles. The minimum atomic E-state index is -0.212. The minimum Gasteiger partial charge on any atom is -0.356 e. The first kappa shape index (κ1) is 18.8. The van der Waals surface area contributed by atoms with Crippen LogP contribution in [0.25, 0.3) is 0 Å². The van der Waals surface area contributed by atoms with Crippen molar-refractivity contribution in [3.8, 4) is 0 Å². The molecular weight excluding hydrogens is 267 g/mol. The molecule has 0 radical (unpaired) electrons. The number of rotatable bonds is 0. The second-order valence-electron chi connectivity index (χ2n) is 3.94. The molecule has 1 amide bonds. The normalized spacial score (nSPS) is 13.3. The van der Waals surface area contributed by atoms with Gasteiger partial charge in [0.25, 0.3) is 5.65 Å². The van der Waals surface area contributed by atoms with Crippen molar-refractivity contribution in [1.82, 2.24) is 4.90 Å². The van der Waals surface area contributed by atoms with E-state index in [0.717, 1.165) is 25.3 Å². The van der Waals surface area contributed by atoms with Crippen molar-refractivity contribution < 1.29 is 4.79 Å². The van der Waals surface area contributed by atoms with E-state index in [2.05, 4.69) is 43.4 Å². The van der Waals surface area contributed by atoms with Crippen LogP contribution in [0, 0.1) is 0 Å². The summed E-state index contributed by atoms with van der Waals surface area (Å²) in [6.45, 7) is 11.7. The number of benzene rings is 1. The number of carbonyl (C=O) groups is 1. The van der Waals surface area contributed by atoms with Crippen LogP contribution < -0.4 is 0 Å². The molecule has 112 valence electrons. The summed E-state index contributed by atoms with van der Waals surface area (Å²) in [5.41, 5.74) is 2.53. The lowest BCUT2D eigenvalue weighted by atomic mass is 10.00. The van der Waals surface area contributed by atoms with E-state index in [1.54, 1.807) is 0 Å². The summed E-state index contributed by atoms with van der Waals surface area (Å²) in [4.78, 5) is 17.0. The molecule has 3 nitrogen and oxygen atoms in total. The highest BCUT2D eigenvalue weighted by Gasteiger charge is 2.16. The highest BCUT2D eigenvalue weighted by Crippen LogP contribution is 2.18. The zero-order valence-corrected chi connectivity index (χ0v) is 14.5. The second kappa shape index (κ2) is 10.6. The van der Waals surface area contributed by atoms with Crippen LogP contribution in [0.15, 0.2) is 29.3 Å². The Hall–Kier alpha value is -1.21. The van der Waals surface area contributed by atoms with Crippen molar-refractivity contribution in [1.29, 1.82) is 0 Å². The van der Waals surface area contributed by atoms with Crippen LogP contribution in [0.3, 0.4) is 0 Å². The molecule has 1 atom stereocenters. The van der Waals surface area contributed by atoms with Crippen LogP contribution in [-0.4, -0.2) is 22.9 Å². The van der Waals surface area contributed by atoms with Gasteiger partial charge in [0, 0.05) is 13.1 Å². The maximum absolute atomic E-state index is 10.9. The van der Waals surface area contributed by atoms with Gasteiger partial charge in [-0.05, 0) is 33.7 Å². The third-order valence-electron chi connectivity index (χ3n) is 2.86. The standard InChI is InChI=1S/C12H15N2OP.2C2H6/c1-9(13-12(15)16)14-7-6-10-4-2-3-5-11(10)8-14;2*1-2/h2-5H,6-8,16H2,1H3;2*1-2H3. The number of hydrogen-bond donors (Lipinski definition) is 0. The summed E-state index contributed by atoms with van der Waals surface area (Å²) >= 11 is 0. The third-order valence-corrected chi connectivity index (χ3v) is 2.99. The maximum atomic E-state index is 10.9. The number of fused-ring (bicyclic) bond motifs is 1. The fraction of sp³-hybridized carbons (Fsp3) is 0.500. The van der Waals surface area contributed by atoms with E-state index in [4.69, 9.17) is 0 Å². The lowest BCUT2D eigenvalue weighted by molar-refractivity contribution is 0.267. The second-order valence-corrected chi connectivity index (χ2v) is 4.43. The molecule has 0 saturated carbocycles. The lowest BCUT2D eigenvalue weighted by Gasteiger charge is -2.29. The summed E-state index contributed by atoms with van der Waals surface area (Å²) in [6.07, 6.45) is 1.02. The van der Waals surface area contributed by atoms with Gasteiger partial charge in [-0.1, -0.05) is 52.0 Å². The van der Waals surface area contributed by atoms with Crippen LogP contribution in [0.5, 0.6) is 0 Å². The van der Waals surface area contributed by atoms with E-state index < -0.39 is 0 Å². The number of amidine groups is 1. The first-order chi connectivity index (χ1) is 9.66. The molecule has 1 aromatic rings. The Kier molecular flexibility index (Phi) is 9.92. The molecule has 0 spiro atoms. The molecule has 1 heterocycles. The maximum Gasteiger partial charge on any atom is 0.261 e. The van der Waals surface area contributed by atoms with Gasteiger partial charge in [-0.25, -0.2) is 0 Å². The molecule has 2 rings (SSSR count). The minimum absolute atomic E-state index is 0.212. The molecule has 0 saturated heterocycles. The van der Waals surface area contributed by atoms with Gasteiger partial charge in [0.05, 0.1) is 0 Å². The smallest absolute Gasteiger partial charge is 0.261 e. The first-order valence-corrected chi connectivity index (χ1v) is 7.91. The summed E-state index contributed by atoms with van der Waals surface area (Å²) in [5, 5.41) is 0. The quantitative estimate of drug-likeness (QED) is 0.400. The largest absolute Gasteiger partial charge is 0.356 e. The summed E-state index contributed by atoms with van der Waals surface area (Å²) in [7, 11) is 2.08. The zero-order valence-electron chi connectivity index (χ0n) is 13.3. The lowest BCUT2D eigenvalue weighted by Crippen LogP contribution is -2.34. The van der Waals surface area contributed by atoms with Crippen molar-refractivity contribution in [3.05, 3.63) is 35.4 Å². The number of hydrogen-bond acceptors (Lipinski definition) is 1. The Morgan fingerprint density at radius 1 is 1.15 bits per heavy atom. The van der Waals surface area contributed by atoms with Crippen molar-refractivity contribution in [2.45, 2.75) is 47.6 Å². The van der Waals surface area contributed by atoms with Gasteiger partial charge in [0.15, 0.2) is 0 Å². The molecule has 1 unspecified atom stereocenters. The van der Waals surface area contributed by atoms with Crippen LogP contribution >= 0.6 is 9.24 Å². The Bertz CT molecular complexity index is 444. The van der Waals surface area contributed by atoms with Crippen molar-refractivity contribution in [3.63, 3.8) is 0 Å². The fourth-order valence-electron chi connectivity index (χ4n) is 2.00. The van der Waals surface area contributed by atoms with E-state index >= 15 is 0 Å². The molecule has 20 heavy (non-hydrogen) atoms. The number of carbonyl (C=O) groups excluding carboxylic acids is 1. The van der Waals surface area contributed by atoms with Gasteiger partial charge < -0.3 is 4.90 Å². The van der Waals surface area contributed by atoms with Gasteiger partial charge in [0.2, 0.25) is 0 Å². The molecule has 0 bridgehead atoms. The van der Waals surface area contributed by atoms with Gasteiger partial charge in [-0.3, -0.25) is 4.79 Å². The van der Waals surface area contributed by atoms with Crippen LogP contribution in [-0.2, 0) is 13.0 Å². The van der Waals surface area contributed by atoms with Crippen LogP contribution in [0.1, 0.15) is 45.7 Å². The topological polar surface area (TPSA) is 32.7 Å². The summed E-state index contributed by atoms with van der Waals surface area (Å²) < 4.78 is 0. The van der Waals surface area contributed by atoms with Crippen molar-refractivity contribution in [2.75, 3.05) is 6.54 Å². The average molecular weight is 294 g/mol. The number of aliphatic imine (C=N–C) groups is 1. The van der Waals surface area contributed by atoms with Gasteiger partial charge in [0.1, 0.15) is 5.84 Å². The van der Waals surface area contributed by atoms with Gasteiger partial charge >= 0.3 is 0 Å². The Labute approximate surface area is 125 Å². The average Bonchev–Trinajstić information content (AvgIpc) is 2.50. The Morgan fingerprint density at radius 3 is 2.25 bits per heavy atom. The Balaban J connectivity index is 0.000000829. The third kappa shape index (κ3) is 5.83. The molecule has 0 aromatic heterocycles. The SMILES string of the molecule is CC.CC.CC(=NC(=O)P)N1CCc2ccccc2C1. The summed E-state index contributed by atoms with van der Waals surface area (Å²) in [6, 6.07) is 8.43. The van der Waals surface area contributed by atoms with Crippen molar-refractivity contribution >= 4 is 20.7 Å².